The number of ether oxygens (including phenoxy) is 1. The van der Waals surface area contributed by atoms with Crippen molar-refractivity contribution in [2.24, 2.45) is 0 Å². The van der Waals surface area contributed by atoms with E-state index in [2.05, 4.69) is 16.0 Å². The molecule has 3 amide bonds. The minimum absolute atomic E-state index is 0.0969. The number of hydrogen-bond donors (Lipinski definition) is 3. The van der Waals surface area contributed by atoms with Gasteiger partial charge in [-0.1, -0.05) is 12.1 Å². The van der Waals surface area contributed by atoms with Gasteiger partial charge in [0.2, 0.25) is 11.8 Å². The van der Waals surface area contributed by atoms with Crippen molar-refractivity contribution in [2.45, 2.75) is 6.54 Å². The molecule has 0 aliphatic carbocycles. The Morgan fingerprint density at radius 1 is 0.806 bits per heavy atom. The smallest absolute Gasteiger partial charge is 0.287 e. The molecular formula is C22H20FN3O5. The number of carbonyl (C=O) groups excluding carboxylic acids is 3. The summed E-state index contributed by atoms with van der Waals surface area (Å²) in [5, 5.41) is 7.48. The lowest BCUT2D eigenvalue weighted by Crippen LogP contribution is -2.41. The van der Waals surface area contributed by atoms with Gasteiger partial charge in [-0.2, -0.15) is 0 Å². The fourth-order valence-electron chi connectivity index (χ4n) is 2.47. The van der Waals surface area contributed by atoms with Crippen LogP contribution in [0.25, 0.3) is 0 Å². The first-order valence-electron chi connectivity index (χ1n) is 9.37. The lowest BCUT2D eigenvalue weighted by molar-refractivity contribution is -0.125. The molecule has 0 bridgehead atoms. The average Bonchev–Trinajstić information content (AvgIpc) is 3.32. The number of benzene rings is 2. The molecule has 0 spiro atoms. The number of carbonyl (C=O) groups is 3. The topological polar surface area (TPSA) is 110 Å². The van der Waals surface area contributed by atoms with E-state index in [9.17, 15) is 18.8 Å². The molecule has 8 nitrogen and oxygen atoms in total. The van der Waals surface area contributed by atoms with Gasteiger partial charge in [0.25, 0.3) is 5.91 Å². The van der Waals surface area contributed by atoms with E-state index in [4.69, 9.17) is 9.15 Å². The fourth-order valence-corrected chi connectivity index (χ4v) is 2.47. The van der Waals surface area contributed by atoms with E-state index in [1.165, 1.54) is 36.6 Å². The number of halogens is 1. The first kappa shape index (κ1) is 21.6. The highest BCUT2D eigenvalue weighted by atomic mass is 19.1. The summed E-state index contributed by atoms with van der Waals surface area (Å²) in [6, 6.07) is 15.7. The van der Waals surface area contributed by atoms with Gasteiger partial charge in [0.15, 0.2) is 5.76 Å². The summed E-state index contributed by atoms with van der Waals surface area (Å²) in [6.07, 6.45) is 1.35. The van der Waals surface area contributed by atoms with Crippen LogP contribution >= 0.6 is 0 Å². The van der Waals surface area contributed by atoms with Crippen LogP contribution in [0, 0.1) is 5.82 Å². The van der Waals surface area contributed by atoms with Crippen molar-refractivity contribution in [3.8, 4) is 11.5 Å². The molecule has 2 aromatic carbocycles. The monoisotopic (exact) mass is 425 g/mol. The number of amides is 3. The molecule has 31 heavy (non-hydrogen) atoms. The summed E-state index contributed by atoms with van der Waals surface area (Å²) < 4.78 is 23.4. The van der Waals surface area contributed by atoms with Crippen LogP contribution in [0.5, 0.6) is 11.5 Å². The Hall–Kier alpha value is -4.14. The standard InChI is InChI=1S/C22H20FN3O5/c23-16-5-9-18(10-6-16)31-17-7-3-15(4-8-17)12-24-20(27)13-25-21(28)14-26-22(29)19-2-1-11-30-19/h1-11H,12-14H2,(H,24,27)(H,25,28)(H,26,29). The van der Waals surface area contributed by atoms with Crippen molar-refractivity contribution in [2.75, 3.05) is 13.1 Å². The van der Waals surface area contributed by atoms with Crippen molar-refractivity contribution in [3.63, 3.8) is 0 Å². The van der Waals surface area contributed by atoms with Crippen LogP contribution in [0.15, 0.2) is 71.3 Å². The quantitative estimate of drug-likeness (QED) is 0.488. The zero-order chi connectivity index (χ0) is 22.1. The third-order valence-electron chi connectivity index (χ3n) is 4.06. The van der Waals surface area contributed by atoms with Crippen molar-refractivity contribution in [3.05, 3.63) is 84.1 Å². The van der Waals surface area contributed by atoms with Gasteiger partial charge in [-0.3, -0.25) is 14.4 Å². The molecule has 0 saturated heterocycles. The van der Waals surface area contributed by atoms with E-state index < -0.39 is 11.8 Å². The normalized spacial score (nSPS) is 10.2. The Balaban J connectivity index is 1.34. The van der Waals surface area contributed by atoms with Crippen LogP contribution in [0.1, 0.15) is 16.1 Å². The molecule has 0 aliphatic heterocycles. The number of furan rings is 1. The van der Waals surface area contributed by atoms with Gasteiger partial charge in [-0.05, 0) is 54.1 Å². The molecule has 3 rings (SSSR count). The molecule has 3 N–H and O–H groups in total. The molecule has 3 aromatic rings. The Morgan fingerprint density at radius 2 is 1.42 bits per heavy atom. The molecule has 1 heterocycles. The summed E-state index contributed by atoms with van der Waals surface area (Å²) in [4.78, 5) is 35.3. The van der Waals surface area contributed by atoms with E-state index in [0.717, 1.165) is 5.56 Å². The highest BCUT2D eigenvalue weighted by Crippen LogP contribution is 2.21. The van der Waals surface area contributed by atoms with Crippen molar-refractivity contribution in [1.82, 2.24) is 16.0 Å². The van der Waals surface area contributed by atoms with Gasteiger partial charge in [0.05, 0.1) is 19.4 Å². The minimum Gasteiger partial charge on any atom is -0.459 e. The third kappa shape index (κ3) is 7.00. The van der Waals surface area contributed by atoms with Gasteiger partial charge in [-0.25, -0.2) is 4.39 Å². The third-order valence-corrected chi connectivity index (χ3v) is 4.06. The molecule has 1 aromatic heterocycles. The first-order chi connectivity index (χ1) is 15.0. The van der Waals surface area contributed by atoms with Gasteiger partial charge in [0, 0.05) is 6.54 Å². The summed E-state index contributed by atoms with van der Waals surface area (Å²) in [5.41, 5.74) is 0.830. The van der Waals surface area contributed by atoms with Crippen LogP contribution in [0.3, 0.4) is 0 Å². The van der Waals surface area contributed by atoms with Crippen LogP contribution in [0.2, 0.25) is 0 Å². The lowest BCUT2D eigenvalue weighted by Gasteiger charge is -2.09. The summed E-state index contributed by atoms with van der Waals surface area (Å²) in [6.45, 7) is -0.232. The number of nitrogens with one attached hydrogen (secondary N) is 3. The van der Waals surface area contributed by atoms with Gasteiger partial charge >= 0.3 is 0 Å². The lowest BCUT2D eigenvalue weighted by atomic mass is 10.2. The average molecular weight is 425 g/mol. The summed E-state index contributed by atoms with van der Waals surface area (Å²) >= 11 is 0. The molecule has 0 fully saturated rings. The van der Waals surface area contributed by atoms with E-state index in [1.807, 2.05) is 0 Å². The van der Waals surface area contributed by atoms with Crippen LogP contribution in [-0.2, 0) is 16.1 Å². The molecule has 0 radical (unpaired) electrons. The highest BCUT2D eigenvalue weighted by Gasteiger charge is 2.11. The highest BCUT2D eigenvalue weighted by molar-refractivity contribution is 5.94. The zero-order valence-corrected chi connectivity index (χ0v) is 16.4. The predicted molar refractivity (Wildman–Crippen MR) is 109 cm³/mol. The van der Waals surface area contributed by atoms with Crippen LogP contribution in [0.4, 0.5) is 4.39 Å². The Labute approximate surface area is 177 Å². The number of rotatable bonds is 9. The fraction of sp³-hybridized carbons (Fsp3) is 0.136. The second-order valence-corrected chi connectivity index (χ2v) is 6.41. The Morgan fingerprint density at radius 3 is 2.06 bits per heavy atom. The molecule has 0 aliphatic rings. The second-order valence-electron chi connectivity index (χ2n) is 6.41. The van der Waals surface area contributed by atoms with Crippen LogP contribution in [-0.4, -0.2) is 30.8 Å². The predicted octanol–water partition coefficient (Wildman–Crippen LogP) is 2.37. The molecular weight excluding hydrogens is 405 g/mol. The van der Waals surface area contributed by atoms with E-state index in [1.54, 1.807) is 30.3 Å². The van der Waals surface area contributed by atoms with Gasteiger partial charge in [0.1, 0.15) is 17.3 Å². The van der Waals surface area contributed by atoms with Gasteiger partial charge < -0.3 is 25.1 Å². The SMILES string of the molecule is O=C(CNC(=O)CNC(=O)c1ccco1)NCc1ccc(Oc2ccc(F)cc2)cc1. The Kier molecular flexibility index (Phi) is 7.36. The van der Waals surface area contributed by atoms with Crippen molar-refractivity contribution < 1.29 is 27.9 Å². The molecule has 160 valence electrons. The molecule has 9 heteroatoms. The van der Waals surface area contributed by atoms with E-state index in [-0.39, 0.29) is 37.1 Å². The van der Waals surface area contributed by atoms with Crippen molar-refractivity contribution in [1.29, 1.82) is 0 Å². The van der Waals surface area contributed by atoms with Gasteiger partial charge in [-0.15, -0.1) is 0 Å². The molecule has 0 saturated carbocycles. The van der Waals surface area contributed by atoms with E-state index >= 15 is 0 Å². The zero-order valence-electron chi connectivity index (χ0n) is 16.4. The minimum atomic E-state index is -0.517. The van der Waals surface area contributed by atoms with Crippen LogP contribution < -0.4 is 20.7 Å². The molecule has 0 atom stereocenters. The maximum atomic E-state index is 12.9. The summed E-state index contributed by atoms with van der Waals surface area (Å²) in [7, 11) is 0. The second kappa shape index (κ2) is 10.6. The maximum Gasteiger partial charge on any atom is 0.287 e. The van der Waals surface area contributed by atoms with Crippen molar-refractivity contribution >= 4 is 17.7 Å². The Bertz CT molecular complexity index is 1020. The largest absolute Gasteiger partial charge is 0.459 e. The first-order valence-corrected chi connectivity index (χ1v) is 9.37. The number of hydrogen-bond acceptors (Lipinski definition) is 5. The van der Waals surface area contributed by atoms with E-state index in [0.29, 0.717) is 11.5 Å². The summed E-state index contributed by atoms with van der Waals surface area (Å²) in [5.74, 6) is -0.553. The molecule has 0 unspecified atom stereocenters. The maximum absolute atomic E-state index is 12.9.